The van der Waals surface area contributed by atoms with E-state index in [4.69, 9.17) is 14.2 Å². The lowest BCUT2D eigenvalue weighted by atomic mass is 10.2. The average Bonchev–Trinajstić information content (AvgIpc) is 2.62. The number of carbonyl (C=O) groups excluding carboxylic acids is 1. The van der Waals surface area contributed by atoms with Crippen molar-refractivity contribution in [3.8, 4) is 5.75 Å². The van der Waals surface area contributed by atoms with E-state index >= 15 is 0 Å². The smallest absolute Gasteiger partial charge is 0.333 e. The quantitative estimate of drug-likeness (QED) is 0.266. The molecule has 26 heavy (non-hydrogen) atoms. The van der Waals surface area contributed by atoms with Crippen molar-refractivity contribution in [2.24, 2.45) is 0 Å². The Kier molecular flexibility index (Phi) is 9.34. The summed E-state index contributed by atoms with van der Waals surface area (Å²) >= 11 is 0. The van der Waals surface area contributed by atoms with Crippen LogP contribution in [0.5, 0.6) is 5.75 Å². The minimum atomic E-state index is -0.677. The second-order valence-electron chi connectivity index (χ2n) is 7.02. The predicted molar refractivity (Wildman–Crippen MR) is 101 cm³/mol. The van der Waals surface area contributed by atoms with E-state index in [1.54, 1.807) is 19.1 Å². The third-order valence-corrected chi connectivity index (χ3v) is 4.09. The molecule has 0 bridgehead atoms. The second-order valence-corrected chi connectivity index (χ2v) is 7.02. The Balaban J connectivity index is 2.26. The number of nitrogens with zero attached hydrogens (tertiary/aromatic N) is 1. The van der Waals surface area contributed by atoms with Crippen molar-refractivity contribution < 1.29 is 28.6 Å². The third-order valence-electron chi connectivity index (χ3n) is 4.09. The average molecular weight is 366 g/mol. The Morgan fingerprint density at radius 3 is 2.46 bits per heavy atom. The SMILES string of the molecule is C=C(C)C(=O)OCc1ccc(OCC(O)COCC[N+](C)(C)CC)cc1. The predicted octanol–water partition coefficient (Wildman–Crippen LogP) is 2.16. The second kappa shape index (κ2) is 11.0. The molecule has 146 valence electrons. The number of hydrogen-bond acceptors (Lipinski definition) is 5. The van der Waals surface area contributed by atoms with Gasteiger partial charge in [0.1, 0.15) is 31.6 Å². The largest absolute Gasteiger partial charge is 0.491 e. The molecule has 0 radical (unpaired) electrons. The summed E-state index contributed by atoms with van der Waals surface area (Å²) in [6.45, 7) is 10.4. The highest BCUT2D eigenvalue weighted by Gasteiger charge is 2.12. The molecule has 0 amide bonds. The van der Waals surface area contributed by atoms with Crippen LogP contribution >= 0.6 is 0 Å². The van der Waals surface area contributed by atoms with Gasteiger partial charge in [0.2, 0.25) is 0 Å². The first kappa shape index (κ1) is 22.2. The number of quaternary nitrogens is 1. The van der Waals surface area contributed by atoms with E-state index in [2.05, 4.69) is 27.6 Å². The fourth-order valence-corrected chi connectivity index (χ4v) is 1.88. The molecule has 0 aromatic heterocycles. The van der Waals surface area contributed by atoms with E-state index in [-0.39, 0.29) is 19.8 Å². The number of aliphatic hydroxyl groups is 1. The summed E-state index contributed by atoms with van der Waals surface area (Å²) in [5.74, 6) is 0.234. The summed E-state index contributed by atoms with van der Waals surface area (Å²) < 4.78 is 17.0. The fourth-order valence-electron chi connectivity index (χ4n) is 1.88. The summed E-state index contributed by atoms with van der Waals surface area (Å²) in [7, 11) is 4.29. The third kappa shape index (κ3) is 8.99. The van der Waals surface area contributed by atoms with Gasteiger partial charge in [0, 0.05) is 5.57 Å². The topological polar surface area (TPSA) is 65.0 Å². The van der Waals surface area contributed by atoms with E-state index in [0.29, 0.717) is 17.9 Å². The van der Waals surface area contributed by atoms with Crippen LogP contribution in [-0.4, -0.2) is 68.7 Å². The molecule has 0 heterocycles. The van der Waals surface area contributed by atoms with Gasteiger partial charge in [-0.05, 0) is 31.5 Å². The maximum absolute atomic E-state index is 11.4. The Morgan fingerprint density at radius 1 is 1.23 bits per heavy atom. The van der Waals surface area contributed by atoms with Crippen LogP contribution in [0.4, 0.5) is 0 Å². The molecule has 1 atom stereocenters. The van der Waals surface area contributed by atoms with Gasteiger partial charge >= 0.3 is 5.97 Å². The van der Waals surface area contributed by atoms with Gasteiger partial charge in [-0.2, -0.15) is 0 Å². The summed E-state index contributed by atoms with van der Waals surface area (Å²) in [6, 6.07) is 7.18. The van der Waals surface area contributed by atoms with Gasteiger partial charge in [-0.3, -0.25) is 0 Å². The van der Waals surface area contributed by atoms with Crippen LogP contribution in [0.25, 0.3) is 0 Å². The number of carbonyl (C=O) groups is 1. The fraction of sp³-hybridized carbons (Fsp3) is 0.550. The van der Waals surface area contributed by atoms with Crippen molar-refractivity contribution in [1.29, 1.82) is 0 Å². The van der Waals surface area contributed by atoms with Crippen LogP contribution in [0.3, 0.4) is 0 Å². The number of benzene rings is 1. The first-order valence-electron chi connectivity index (χ1n) is 8.85. The van der Waals surface area contributed by atoms with Crippen LogP contribution in [0.2, 0.25) is 0 Å². The Bertz CT molecular complexity index is 568. The Morgan fingerprint density at radius 2 is 1.88 bits per heavy atom. The van der Waals surface area contributed by atoms with Crippen molar-refractivity contribution in [1.82, 2.24) is 0 Å². The van der Waals surface area contributed by atoms with E-state index in [9.17, 15) is 9.90 Å². The minimum absolute atomic E-state index is 0.163. The Labute approximate surface area is 156 Å². The van der Waals surface area contributed by atoms with E-state index < -0.39 is 12.1 Å². The van der Waals surface area contributed by atoms with Gasteiger partial charge in [0.15, 0.2) is 0 Å². The first-order chi connectivity index (χ1) is 12.2. The lowest BCUT2D eigenvalue weighted by molar-refractivity contribution is -0.888. The molecule has 0 fully saturated rings. The molecular weight excluding hydrogens is 334 g/mol. The summed E-state index contributed by atoms with van der Waals surface area (Å²) in [6.07, 6.45) is -0.677. The molecule has 1 N–H and O–H groups in total. The molecule has 6 nitrogen and oxygen atoms in total. The minimum Gasteiger partial charge on any atom is -0.491 e. The molecule has 0 aliphatic rings. The van der Waals surface area contributed by atoms with Crippen LogP contribution < -0.4 is 4.74 Å². The zero-order valence-electron chi connectivity index (χ0n) is 16.4. The standard InChI is InChI=1S/C20H32NO5/c1-6-21(4,5)11-12-24-14-18(22)15-25-19-9-7-17(8-10-19)13-26-20(23)16(2)3/h7-10,18,22H,2,6,11-15H2,1,3-5H3/q+1. The van der Waals surface area contributed by atoms with Crippen molar-refractivity contribution in [3.05, 3.63) is 42.0 Å². The number of hydrogen-bond donors (Lipinski definition) is 1. The Hall–Kier alpha value is -1.89. The number of aliphatic hydroxyl groups excluding tert-OH is 1. The number of rotatable bonds is 12. The lowest BCUT2D eigenvalue weighted by Gasteiger charge is -2.28. The van der Waals surface area contributed by atoms with Crippen molar-refractivity contribution in [2.75, 3.05) is 47.0 Å². The van der Waals surface area contributed by atoms with Gasteiger partial charge < -0.3 is 23.8 Å². The number of ether oxygens (including phenoxy) is 3. The summed E-state index contributed by atoms with van der Waals surface area (Å²) in [5, 5.41) is 9.93. The molecule has 0 saturated carbocycles. The van der Waals surface area contributed by atoms with Crippen molar-refractivity contribution in [3.63, 3.8) is 0 Å². The highest BCUT2D eigenvalue weighted by Crippen LogP contribution is 2.13. The van der Waals surface area contributed by atoms with Gasteiger partial charge in [-0.1, -0.05) is 18.7 Å². The summed E-state index contributed by atoms with van der Waals surface area (Å²) in [4.78, 5) is 11.4. The first-order valence-corrected chi connectivity index (χ1v) is 8.85. The monoisotopic (exact) mass is 366 g/mol. The molecular formula is C20H32NO5+. The van der Waals surface area contributed by atoms with Gasteiger partial charge in [-0.25, -0.2) is 4.79 Å². The molecule has 6 heteroatoms. The van der Waals surface area contributed by atoms with Crippen LogP contribution in [0.15, 0.2) is 36.4 Å². The number of esters is 1. The van der Waals surface area contributed by atoms with E-state index in [0.717, 1.165) is 23.1 Å². The molecule has 1 aromatic rings. The maximum atomic E-state index is 11.4. The highest BCUT2D eigenvalue weighted by atomic mass is 16.5. The van der Waals surface area contributed by atoms with E-state index in [1.165, 1.54) is 0 Å². The normalized spacial score (nSPS) is 12.5. The van der Waals surface area contributed by atoms with Gasteiger partial charge in [0.05, 0.1) is 33.9 Å². The molecule has 0 aliphatic heterocycles. The lowest BCUT2D eigenvalue weighted by Crippen LogP contribution is -2.42. The van der Waals surface area contributed by atoms with Crippen molar-refractivity contribution >= 4 is 5.97 Å². The van der Waals surface area contributed by atoms with Gasteiger partial charge in [-0.15, -0.1) is 0 Å². The molecule has 1 aromatic carbocycles. The van der Waals surface area contributed by atoms with Crippen LogP contribution in [0.1, 0.15) is 19.4 Å². The molecule has 0 aliphatic carbocycles. The highest BCUT2D eigenvalue weighted by molar-refractivity contribution is 5.86. The molecule has 1 rings (SSSR count). The molecule has 0 spiro atoms. The van der Waals surface area contributed by atoms with Gasteiger partial charge in [0.25, 0.3) is 0 Å². The van der Waals surface area contributed by atoms with Crippen molar-refractivity contribution in [2.45, 2.75) is 26.6 Å². The zero-order valence-corrected chi connectivity index (χ0v) is 16.4. The van der Waals surface area contributed by atoms with Crippen LogP contribution in [0, 0.1) is 0 Å². The zero-order chi connectivity index (χ0) is 19.6. The maximum Gasteiger partial charge on any atom is 0.333 e. The summed E-state index contributed by atoms with van der Waals surface area (Å²) in [5.41, 5.74) is 1.23. The molecule has 0 saturated heterocycles. The molecule has 1 unspecified atom stereocenters. The van der Waals surface area contributed by atoms with E-state index in [1.807, 2.05) is 12.1 Å². The van der Waals surface area contributed by atoms with Crippen LogP contribution in [-0.2, 0) is 20.9 Å². The number of likely N-dealkylation sites (N-methyl/N-ethyl adjacent to an activating group) is 1.